The van der Waals surface area contributed by atoms with E-state index in [1.165, 1.54) is 42.5 Å². The number of ether oxygens (including phenoxy) is 1. The van der Waals surface area contributed by atoms with Crippen molar-refractivity contribution in [3.63, 3.8) is 0 Å². The SMILES string of the molecule is CC(=O)NC1CCOc2ccc(-c3csc(NC(=O)CCC(=O)Nc4ccc(F)cc4)n3)cc21. The molecule has 0 saturated heterocycles. The average molecular weight is 483 g/mol. The van der Waals surface area contributed by atoms with E-state index in [4.69, 9.17) is 4.74 Å². The maximum atomic E-state index is 12.9. The minimum absolute atomic E-state index is 0.0171. The molecule has 10 heteroatoms. The van der Waals surface area contributed by atoms with Crippen molar-refractivity contribution >= 4 is 39.9 Å². The summed E-state index contributed by atoms with van der Waals surface area (Å²) in [6, 6.07) is 11.0. The van der Waals surface area contributed by atoms with Crippen LogP contribution in [-0.2, 0) is 14.4 Å². The number of carbonyl (C=O) groups excluding carboxylic acids is 3. The molecule has 0 fully saturated rings. The molecule has 8 nitrogen and oxygen atoms in total. The van der Waals surface area contributed by atoms with Crippen molar-refractivity contribution in [1.29, 1.82) is 0 Å². The predicted molar refractivity (Wildman–Crippen MR) is 127 cm³/mol. The summed E-state index contributed by atoms with van der Waals surface area (Å²) in [5.41, 5.74) is 2.89. The number of carbonyl (C=O) groups is 3. The number of aromatic nitrogens is 1. The van der Waals surface area contributed by atoms with Gasteiger partial charge in [0, 0.05) is 48.4 Å². The van der Waals surface area contributed by atoms with E-state index in [2.05, 4.69) is 20.9 Å². The molecular weight excluding hydrogens is 459 g/mol. The van der Waals surface area contributed by atoms with E-state index in [1.54, 1.807) is 0 Å². The summed E-state index contributed by atoms with van der Waals surface area (Å²) in [6.07, 6.45) is 0.649. The zero-order valence-electron chi connectivity index (χ0n) is 18.4. The number of nitrogens with one attached hydrogen (secondary N) is 3. The van der Waals surface area contributed by atoms with Crippen molar-refractivity contribution in [3.05, 3.63) is 59.2 Å². The molecular formula is C24H23FN4O4S. The van der Waals surface area contributed by atoms with Crippen LogP contribution < -0.4 is 20.7 Å². The Kier molecular flexibility index (Phi) is 7.17. The second-order valence-corrected chi connectivity index (χ2v) is 8.64. The van der Waals surface area contributed by atoms with Crippen molar-refractivity contribution in [1.82, 2.24) is 10.3 Å². The first-order valence-electron chi connectivity index (χ1n) is 10.7. The van der Waals surface area contributed by atoms with E-state index < -0.39 is 5.82 Å². The summed E-state index contributed by atoms with van der Waals surface area (Å²) in [5.74, 6) is -0.438. The van der Waals surface area contributed by atoms with Crippen LogP contribution in [0.4, 0.5) is 15.2 Å². The average Bonchev–Trinajstić information content (AvgIpc) is 3.27. The van der Waals surface area contributed by atoms with Crippen LogP contribution in [0, 0.1) is 5.82 Å². The number of halogens is 1. The Bertz CT molecular complexity index is 1210. The lowest BCUT2D eigenvalue weighted by atomic mass is 9.97. The van der Waals surface area contributed by atoms with E-state index in [-0.39, 0.29) is 36.6 Å². The van der Waals surface area contributed by atoms with E-state index in [9.17, 15) is 18.8 Å². The molecule has 1 aliphatic heterocycles. The highest BCUT2D eigenvalue weighted by Crippen LogP contribution is 2.36. The monoisotopic (exact) mass is 482 g/mol. The Balaban J connectivity index is 1.34. The summed E-state index contributed by atoms with van der Waals surface area (Å²) >= 11 is 1.28. The molecule has 0 saturated carbocycles. The first kappa shape index (κ1) is 23.4. The van der Waals surface area contributed by atoms with Crippen LogP contribution in [0.2, 0.25) is 0 Å². The fourth-order valence-electron chi connectivity index (χ4n) is 3.58. The summed E-state index contributed by atoms with van der Waals surface area (Å²) in [6.45, 7) is 2.02. The van der Waals surface area contributed by atoms with Crippen LogP contribution in [0.25, 0.3) is 11.3 Å². The lowest BCUT2D eigenvalue weighted by Gasteiger charge is -2.26. The summed E-state index contributed by atoms with van der Waals surface area (Å²) in [7, 11) is 0. The van der Waals surface area contributed by atoms with Crippen molar-refractivity contribution in [2.75, 3.05) is 17.2 Å². The van der Waals surface area contributed by atoms with Crippen LogP contribution in [0.5, 0.6) is 5.75 Å². The van der Waals surface area contributed by atoms with Gasteiger partial charge in [-0.1, -0.05) is 0 Å². The Labute approximate surface area is 199 Å². The quantitative estimate of drug-likeness (QED) is 0.466. The molecule has 1 unspecified atom stereocenters. The highest BCUT2D eigenvalue weighted by Gasteiger charge is 2.23. The van der Waals surface area contributed by atoms with Gasteiger partial charge in [0.15, 0.2) is 5.13 Å². The molecule has 2 aromatic carbocycles. The maximum Gasteiger partial charge on any atom is 0.226 e. The molecule has 2 heterocycles. The number of amides is 3. The number of nitrogens with zero attached hydrogens (tertiary/aromatic N) is 1. The molecule has 3 amide bonds. The van der Waals surface area contributed by atoms with Crippen molar-refractivity contribution in [3.8, 4) is 17.0 Å². The first-order valence-corrected chi connectivity index (χ1v) is 11.6. The van der Waals surface area contributed by atoms with Gasteiger partial charge in [-0.25, -0.2) is 9.37 Å². The van der Waals surface area contributed by atoms with Crippen LogP contribution in [0.15, 0.2) is 47.8 Å². The second-order valence-electron chi connectivity index (χ2n) is 7.78. The molecule has 176 valence electrons. The van der Waals surface area contributed by atoms with E-state index in [0.717, 1.165) is 16.9 Å². The highest BCUT2D eigenvalue weighted by atomic mass is 32.1. The molecule has 1 atom stereocenters. The summed E-state index contributed by atoms with van der Waals surface area (Å²) in [5, 5.41) is 10.5. The number of benzene rings is 2. The van der Waals surface area contributed by atoms with E-state index >= 15 is 0 Å². The largest absolute Gasteiger partial charge is 0.493 e. The Hall–Kier alpha value is -3.79. The van der Waals surface area contributed by atoms with Gasteiger partial charge in [-0.2, -0.15) is 0 Å². The predicted octanol–water partition coefficient (Wildman–Crippen LogP) is 4.27. The summed E-state index contributed by atoms with van der Waals surface area (Å²) < 4.78 is 18.6. The van der Waals surface area contributed by atoms with Crippen molar-refractivity contribution in [2.24, 2.45) is 0 Å². The molecule has 0 radical (unpaired) electrons. The van der Waals surface area contributed by atoms with Crippen LogP contribution >= 0.6 is 11.3 Å². The summed E-state index contributed by atoms with van der Waals surface area (Å²) in [4.78, 5) is 40.3. The van der Waals surface area contributed by atoms with Crippen LogP contribution in [0.3, 0.4) is 0 Å². The van der Waals surface area contributed by atoms with Gasteiger partial charge in [-0.3, -0.25) is 14.4 Å². The lowest BCUT2D eigenvalue weighted by Crippen LogP contribution is -2.30. The van der Waals surface area contributed by atoms with Gasteiger partial charge in [-0.05, 0) is 42.5 Å². The van der Waals surface area contributed by atoms with Gasteiger partial charge in [-0.15, -0.1) is 11.3 Å². The first-order chi connectivity index (χ1) is 16.4. The number of fused-ring (bicyclic) bond motifs is 1. The van der Waals surface area contributed by atoms with E-state index in [1.807, 2.05) is 23.6 Å². The molecule has 4 rings (SSSR count). The number of rotatable bonds is 7. The van der Waals surface area contributed by atoms with Gasteiger partial charge >= 0.3 is 0 Å². The van der Waals surface area contributed by atoms with Crippen molar-refractivity contribution in [2.45, 2.75) is 32.2 Å². The zero-order chi connectivity index (χ0) is 24.1. The Morgan fingerprint density at radius 3 is 2.56 bits per heavy atom. The third-order valence-corrected chi connectivity index (χ3v) is 5.94. The number of hydrogen-bond acceptors (Lipinski definition) is 6. The van der Waals surface area contributed by atoms with Gasteiger partial charge < -0.3 is 20.7 Å². The van der Waals surface area contributed by atoms with Crippen molar-refractivity contribution < 1.29 is 23.5 Å². The molecule has 1 aromatic heterocycles. The fraction of sp³-hybridized carbons (Fsp3) is 0.250. The van der Waals surface area contributed by atoms with Crippen LogP contribution in [-0.4, -0.2) is 29.3 Å². The highest BCUT2D eigenvalue weighted by molar-refractivity contribution is 7.14. The Morgan fingerprint density at radius 1 is 1.09 bits per heavy atom. The zero-order valence-corrected chi connectivity index (χ0v) is 19.2. The lowest BCUT2D eigenvalue weighted by molar-refractivity contribution is -0.121. The standard InChI is InChI=1S/C24H23FN4O4S/c1-14(30)26-19-10-11-33-21-7-2-15(12-18(19)21)20-13-34-24(28-20)29-23(32)9-8-22(31)27-17-5-3-16(25)4-6-17/h2-7,12-13,19H,8-11H2,1H3,(H,26,30)(H,27,31)(H,28,29,32). The van der Waals surface area contributed by atoms with Gasteiger partial charge in [0.25, 0.3) is 0 Å². The molecule has 3 N–H and O–H groups in total. The number of hydrogen-bond donors (Lipinski definition) is 3. The van der Waals surface area contributed by atoms with Gasteiger partial charge in [0.2, 0.25) is 17.7 Å². The molecule has 0 bridgehead atoms. The molecule has 34 heavy (non-hydrogen) atoms. The minimum atomic E-state index is -0.392. The van der Waals surface area contributed by atoms with Gasteiger partial charge in [0.1, 0.15) is 11.6 Å². The molecule has 0 aliphatic carbocycles. The third-order valence-electron chi connectivity index (χ3n) is 5.18. The minimum Gasteiger partial charge on any atom is -0.493 e. The fourth-order valence-corrected chi connectivity index (χ4v) is 4.31. The number of anilines is 2. The Morgan fingerprint density at radius 2 is 1.82 bits per heavy atom. The van der Waals surface area contributed by atoms with Gasteiger partial charge in [0.05, 0.1) is 18.3 Å². The number of thiazole rings is 1. The van der Waals surface area contributed by atoms with Crippen LogP contribution in [0.1, 0.15) is 37.8 Å². The topological polar surface area (TPSA) is 109 Å². The molecule has 1 aliphatic rings. The van der Waals surface area contributed by atoms with E-state index in [0.29, 0.717) is 29.5 Å². The maximum absolute atomic E-state index is 12.9. The molecule has 3 aromatic rings. The molecule has 0 spiro atoms. The second kappa shape index (κ2) is 10.4. The smallest absolute Gasteiger partial charge is 0.226 e. The normalized spacial score (nSPS) is 14.5. The third kappa shape index (κ3) is 5.96.